The molecule has 0 amide bonds. The average molecular weight is 343 g/mol. The Morgan fingerprint density at radius 2 is 1.96 bits per heavy atom. The third-order valence-electron chi connectivity index (χ3n) is 3.87. The highest BCUT2D eigenvalue weighted by Gasteiger charge is 2.19. The Hall–Kier alpha value is -2.17. The van der Waals surface area contributed by atoms with Crippen LogP contribution >= 0.6 is 23.2 Å². The molecule has 0 radical (unpaired) electrons. The van der Waals surface area contributed by atoms with Crippen molar-refractivity contribution < 1.29 is 0 Å². The third-order valence-corrected chi connectivity index (χ3v) is 4.48. The van der Waals surface area contributed by atoms with Crippen LogP contribution in [0.1, 0.15) is 17.0 Å². The molecule has 3 aromatic rings. The minimum absolute atomic E-state index is 0.478. The van der Waals surface area contributed by atoms with E-state index in [0.29, 0.717) is 18.0 Å². The fraction of sp³-hybridized carbons (Fsp3) is 0.118. The van der Waals surface area contributed by atoms with E-state index in [9.17, 15) is 0 Å². The second kappa shape index (κ2) is 5.80. The number of benzene rings is 2. The largest absolute Gasteiger partial charge is 0.283 e. The molecule has 2 aromatic carbocycles. The van der Waals surface area contributed by atoms with E-state index < -0.39 is 0 Å². The van der Waals surface area contributed by atoms with Crippen LogP contribution in [0.25, 0.3) is 5.69 Å². The van der Waals surface area contributed by atoms with Crippen LogP contribution in [0.2, 0.25) is 10.0 Å². The second-order valence-electron chi connectivity index (χ2n) is 5.31. The van der Waals surface area contributed by atoms with E-state index in [4.69, 9.17) is 28.2 Å². The molecular formula is C17H12Cl2N4. The van der Waals surface area contributed by atoms with Crippen molar-refractivity contribution in [2.75, 3.05) is 0 Å². The molecule has 1 aromatic heterocycles. The van der Waals surface area contributed by atoms with E-state index in [0.717, 1.165) is 33.4 Å². The van der Waals surface area contributed by atoms with Gasteiger partial charge in [0, 0.05) is 27.7 Å². The highest BCUT2D eigenvalue weighted by molar-refractivity contribution is 6.32. The number of fused-ring (bicyclic) bond motifs is 3. The van der Waals surface area contributed by atoms with Crippen LogP contribution < -0.4 is 0 Å². The van der Waals surface area contributed by atoms with Gasteiger partial charge < -0.3 is 0 Å². The van der Waals surface area contributed by atoms with Crippen molar-refractivity contribution in [3.05, 3.63) is 75.8 Å². The normalized spacial score (nSPS) is 13.0. The zero-order valence-corrected chi connectivity index (χ0v) is 13.6. The van der Waals surface area contributed by atoms with Gasteiger partial charge in [0.05, 0.1) is 12.2 Å². The fourth-order valence-corrected chi connectivity index (χ4v) is 3.12. The van der Waals surface area contributed by atoms with Crippen LogP contribution in [-0.2, 0) is 13.0 Å². The Bertz CT molecular complexity index is 914. The van der Waals surface area contributed by atoms with Crippen molar-refractivity contribution >= 4 is 28.9 Å². The number of aliphatic imine (C=N–C) groups is 1. The van der Waals surface area contributed by atoms with Gasteiger partial charge in [0.15, 0.2) is 5.82 Å². The maximum atomic E-state index is 6.30. The van der Waals surface area contributed by atoms with Crippen LogP contribution in [0.3, 0.4) is 0 Å². The summed E-state index contributed by atoms with van der Waals surface area (Å²) in [7, 11) is 0. The average Bonchev–Trinajstić information content (AvgIpc) is 2.96. The smallest absolute Gasteiger partial charge is 0.159 e. The van der Waals surface area contributed by atoms with E-state index in [1.807, 2.05) is 47.0 Å². The van der Waals surface area contributed by atoms with Gasteiger partial charge in [-0.1, -0.05) is 41.4 Å². The van der Waals surface area contributed by atoms with Gasteiger partial charge in [-0.05, 0) is 29.8 Å². The summed E-state index contributed by atoms with van der Waals surface area (Å²) in [5, 5.41) is 9.54. The molecule has 2 heterocycles. The predicted octanol–water partition coefficient (Wildman–Crippen LogP) is 4.12. The van der Waals surface area contributed by atoms with Crippen molar-refractivity contribution in [1.82, 2.24) is 14.8 Å². The number of aromatic nitrogens is 3. The molecule has 114 valence electrons. The lowest BCUT2D eigenvalue weighted by molar-refractivity contribution is 0.869. The summed E-state index contributed by atoms with van der Waals surface area (Å²) in [5.74, 6) is 0.808. The van der Waals surface area contributed by atoms with Gasteiger partial charge in [0.2, 0.25) is 0 Å². The standard InChI is InChI=1S/C17H12Cl2N4/c18-12-5-6-16-13(8-12)15(7-11-3-1-2-4-14(11)19)20-9-17-22-21-10-23(16)17/h1-6,8,10H,7,9H2. The Balaban J connectivity index is 1.84. The van der Waals surface area contributed by atoms with Crippen LogP contribution in [0, 0.1) is 0 Å². The van der Waals surface area contributed by atoms with Crippen LogP contribution in [0.5, 0.6) is 0 Å². The topological polar surface area (TPSA) is 43.1 Å². The first-order valence-corrected chi connectivity index (χ1v) is 7.94. The van der Waals surface area contributed by atoms with E-state index in [2.05, 4.69) is 10.2 Å². The number of hydrogen-bond donors (Lipinski definition) is 0. The van der Waals surface area contributed by atoms with Crippen LogP contribution in [0.15, 0.2) is 53.8 Å². The van der Waals surface area contributed by atoms with Crippen molar-refractivity contribution in [1.29, 1.82) is 0 Å². The van der Waals surface area contributed by atoms with Gasteiger partial charge in [-0.15, -0.1) is 10.2 Å². The molecule has 0 N–H and O–H groups in total. The summed E-state index contributed by atoms with van der Waals surface area (Å²) in [5.41, 5.74) is 3.95. The van der Waals surface area contributed by atoms with Gasteiger partial charge in [-0.3, -0.25) is 9.56 Å². The minimum atomic E-state index is 0.478. The Morgan fingerprint density at radius 3 is 2.83 bits per heavy atom. The fourth-order valence-electron chi connectivity index (χ4n) is 2.74. The maximum absolute atomic E-state index is 6.30. The molecule has 1 aliphatic rings. The van der Waals surface area contributed by atoms with Gasteiger partial charge >= 0.3 is 0 Å². The lowest BCUT2D eigenvalue weighted by Gasteiger charge is -2.12. The molecule has 0 bridgehead atoms. The third kappa shape index (κ3) is 2.64. The van der Waals surface area contributed by atoms with Crippen LogP contribution in [-0.4, -0.2) is 20.5 Å². The summed E-state index contributed by atoms with van der Waals surface area (Å²) in [4.78, 5) is 4.73. The lowest BCUT2D eigenvalue weighted by Crippen LogP contribution is -2.08. The molecule has 0 fully saturated rings. The SMILES string of the molecule is Clc1ccc2c(c1)C(Cc1ccccc1Cl)=NCc1nncn1-2. The molecule has 4 nitrogen and oxygen atoms in total. The number of halogens is 2. The minimum Gasteiger partial charge on any atom is -0.283 e. The van der Waals surface area contributed by atoms with Gasteiger partial charge in [0.1, 0.15) is 6.33 Å². The summed E-state index contributed by atoms with van der Waals surface area (Å²) in [6, 6.07) is 13.6. The van der Waals surface area contributed by atoms with Crippen molar-refractivity contribution in [3.8, 4) is 5.69 Å². The van der Waals surface area contributed by atoms with Gasteiger partial charge in [-0.2, -0.15) is 0 Å². The molecule has 23 heavy (non-hydrogen) atoms. The van der Waals surface area contributed by atoms with E-state index >= 15 is 0 Å². The number of rotatable bonds is 2. The highest BCUT2D eigenvalue weighted by atomic mass is 35.5. The van der Waals surface area contributed by atoms with Gasteiger partial charge in [-0.25, -0.2) is 0 Å². The van der Waals surface area contributed by atoms with Crippen molar-refractivity contribution in [2.24, 2.45) is 4.99 Å². The molecule has 4 rings (SSSR count). The molecule has 0 unspecified atom stereocenters. The van der Waals surface area contributed by atoms with Crippen molar-refractivity contribution in [2.45, 2.75) is 13.0 Å². The summed E-state index contributed by atoms with van der Waals surface area (Å²) < 4.78 is 1.95. The molecule has 0 saturated carbocycles. The molecule has 0 spiro atoms. The molecule has 0 atom stereocenters. The predicted molar refractivity (Wildman–Crippen MR) is 91.8 cm³/mol. The second-order valence-corrected chi connectivity index (χ2v) is 6.15. The van der Waals surface area contributed by atoms with Gasteiger partial charge in [0.25, 0.3) is 0 Å². The molecule has 1 aliphatic heterocycles. The molecule has 0 aliphatic carbocycles. The Morgan fingerprint density at radius 1 is 1.09 bits per heavy atom. The number of nitrogens with zero attached hydrogens (tertiary/aromatic N) is 4. The maximum Gasteiger partial charge on any atom is 0.159 e. The molecular weight excluding hydrogens is 331 g/mol. The molecule has 6 heteroatoms. The van der Waals surface area contributed by atoms with Crippen LogP contribution in [0.4, 0.5) is 0 Å². The number of hydrogen-bond acceptors (Lipinski definition) is 3. The Kier molecular flexibility index (Phi) is 3.63. The van der Waals surface area contributed by atoms with E-state index in [1.54, 1.807) is 6.33 Å². The zero-order chi connectivity index (χ0) is 15.8. The first kappa shape index (κ1) is 14.4. The van der Waals surface area contributed by atoms with E-state index in [-0.39, 0.29) is 0 Å². The first-order chi connectivity index (χ1) is 11.2. The summed E-state index contributed by atoms with van der Waals surface area (Å²) >= 11 is 12.5. The molecule has 0 saturated heterocycles. The zero-order valence-electron chi connectivity index (χ0n) is 12.1. The van der Waals surface area contributed by atoms with E-state index in [1.165, 1.54) is 0 Å². The summed E-state index contributed by atoms with van der Waals surface area (Å²) in [6.07, 6.45) is 2.35. The van der Waals surface area contributed by atoms with Crippen molar-refractivity contribution in [3.63, 3.8) is 0 Å². The lowest BCUT2D eigenvalue weighted by atomic mass is 10.0. The highest BCUT2D eigenvalue weighted by Crippen LogP contribution is 2.27. The quantitative estimate of drug-likeness (QED) is 0.702. The monoisotopic (exact) mass is 342 g/mol. The Labute approximate surface area is 143 Å². The first-order valence-electron chi connectivity index (χ1n) is 7.18. The summed E-state index contributed by atoms with van der Waals surface area (Å²) in [6.45, 7) is 0.478.